The molecule has 0 radical (unpaired) electrons. The van der Waals surface area contributed by atoms with E-state index in [4.69, 9.17) is 10.5 Å². The summed E-state index contributed by atoms with van der Waals surface area (Å²) in [6.07, 6.45) is 2.99. The SMILES string of the molecule is NC(=S)CNC(=O)C(=O)N1CCOC2CCCC21. The Balaban J connectivity index is 1.95. The summed E-state index contributed by atoms with van der Waals surface area (Å²) in [5.74, 6) is -1.15. The molecule has 1 saturated carbocycles. The van der Waals surface area contributed by atoms with Gasteiger partial charge in [0.1, 0.15) is 0 Å². The van der Waals surface area contributed by atoms with Crippen LogP contribution in [0.15, 0.2) is 0 Å². The number of hydrogen-bond donors (Lipinski definition) is 2. The number of fused-ring (bicyclic) bond motifs is 1. The Bertz CT molecular complexity index is 375. The molecule has 2 atom stereocenters. The molecule has 0 aromatic carbocycles. The molecule has 0 aromatic heterocycles. The molecule has 0 aromatic rings. The summed E-state index contributed by atoms with van der Waals surface area (Å²) in [7, 11) is 0. The number of nitrogens with zero attached hydrogens (tertiary/aromatic N) is 1. The second-order valence-electron chi connectivity index (χ2n) is 4.56. The first kappa shape index (κ1) is 13.2. The highest BCUT2D eigenvalue weighted by atomic mass is 32.1. The maximum atomic E-state index is 12.0. The Morgan fingerprint density at radius 1 is 1.44 bits per heavy atom. The zero-order chi connectivity index (χ0) is 13.1. The lowest BCUT2D eigenvalue weighted by molar-refractivity contribution is -0.154. The fourth-order valence-corrected chi connectivity index (χ4v) is 2.62. The van der Waals surface area contributed by atoms with Crippen molar-refractivity contribution in [2.45, 2.75) is 31.4 Å². The summed E-state index contributed by atoms with van der Waals surface area (Å²) in [5.41, 5.74) is 5.28. The lowest BCUT2D eigenvalue weighted by Crippen LogP contribution is -2.55. The largest absolute Gasteiger partial charge is 0.392 e. The highest BCUT2D eigenvalue weighted by molar-refractivity contribution is 7.80. The third-order valence-electron chi connectivity index (χ3n) is 3.36. The van der Waals surface area contributed by atoms with E-state index in [-0.39, 0.29) is 23.7 Å². The van der Waals surface area contributed by atoms with Crippen LogP contribution >= 0.6 is 12.2 Å². The summed E-state index contributed by atoms with van der Waals surface area (Å²) in [5, 5.41) is 2.42. The topological polar surface area (TPSA) is 84.7 Å². The molecular formula is C11H17N3O3S. The summed E-state index contributed by atoms with van der Waals surface area (Å²) >= 11 is 4.65. The van der Waals surface area contributed by atoms with Crippen LogP contribution in [0.4, 0.5) is 0 Å². The molecule has 1 aliphatic carbocycles. The standard InChI is InChI=1S/C11H17N3O3S/c12-9(18)6-13-10(15)11(16)14-4-5-17-8-3-1-2-7(8)14/h7-8H,1-6H2,(H2,12,18)(H,13,15). The molecule has 2 fully saturated rings. The van der Waals surface area contributed by atoms with Crippen molar-refractivity contribution in [3.05, 3.63) is 0 Å². The lowest BCUT2D eigenvalue weighted by Gasteiger charge is -2.37. The molecule has 2 aliphatic rings. The van der Waals surface area contributed by atoms with E-state index in [0.717, 1.165) is 19.3 Å². The van der Waals surface area contributed by atoms with Crippen molar-refractivity contribution in [1.29, 1.82) is 0 Å². The molecule has 3 N–H and O–H groups in total. The molecule has 2 unspecified atom stereocenters. The lowest BCUT2D eigenvalue weighted by atomic mass is 10.1. The minimum absolute atomic E-state index is 0.0434. The number of rotatable bonds is 2. The molecular weight excluding hydrogens is 254 g/mol. The minimum Gasteiger partial charge on any atom is -0.392 e. The van der Waals surface area contributed by atoms with Crippen molar-refractivity contribution in [1.82, 2.24) is 10.2 Å². The normalized spacial score (nSPS) is 26.6. The first-order valence-corrected chi connectivity index (χ1v) is 6.49. The van der Waals surface area contributed by atoms with Crippen molar-refractivity contribution in [3.63, 3.8) is 0 Å². The first-order chi connectivity index (χ1) is 8.59. The number of hydrogen-bond acceptors (Lipinski definition) is 4. The zero-order valence-corrected chi connectivity index (χ0v) is 10.9. The molecule has 2 amide bonds. The maximum Gasteiger partial charge on any atom is 0.312 e. The van der Waals surface area contributed by atoms with E-state index in [0.29, 0.717) is 13.2 Å². The summed E-state index contributed by atoms with van der Waals surface area (Å²) < 4.78 is 5.59. The van der Waals surface area contributed by atoms with Crippen LogP contribution in [0.3, 0.4) is 0 Å². The van der Waals surface area contributed by atoms with Crippen molar-refractivity contribution >= 4 is 29.0 Å². The number of ether oxygens (including phenoxy) is 1. The van der Waals surface area contributed by atoms with Crippen LogP contribution < -0.4 is 11.1 Å². The molecule has 1 aliphatic heterocycles. The number of amides is 2. The highest BCUT2D eigenvalue weighted by Gasteiger charge is 2.40. The molecule has 1 heterocycles. The van der Waals surface area contributed by atoms with Gasteiger partial charge in [0, 0.05) is 6.54 Å². The Morgan fingerprint density at radius 3 is 2.94 bits per heavy atom. The van der Waals surface area contributed by atoms with Crippen LogP contribution in [0, 0.1) is 0 Å². The van der Waals surface area contributed by atoms with Gasteiger partial charge in [0.25, 0.3) is 0 Å². The predicted octanol–water partition coefficient (Wildman–Crippen LogP) is -0.831. The Labute approximate surface area is 111 Å². The molecule has 2 rings (SSSR count). The van der Waals surface area contributed by atoms with Gasteiger partial charge in [0.05, 0.1) is 30.3 Å². The van der Waals surface area contributed by atoms with Gasteiger partial charge in [-0.25, -0.2) is 0 Å². The number of nitrogens with one attached hydrogen (secondary N) is 1. The number of morpholine rings is 1. The third kappa shape index (κ3) is 2.78. The summed E-state index contributed by atoms with van der Waals surface area (Å²) in [6.45, 7) is 1.02. The van der Waals surface area contributed by atoms with Crippen molar-refractivity contribution in [2.75, 3.05) is 19.7 Å². The van der Waals surface area contributed by atoms with Crippen LogP contribution in [0.25, 0.3) is 0 Å². The van der Waals surface area contributed by atoms with E-state index >= 15 is 0 Å². The summed E-state index contributed by atoms with van der Waals surface area (Å²) in [4.78, 5) is 25.5. The van der Waals surface area contributed by atoms with Gasteiger partial charge in [-0.05, 0) is 19.3 Å². The Hall–Kier alpha value is -1.21. The monoisotopic (exact) mass is 271 g/mol. The van der Waals surface area contributed by atoms with Crippen LogP contribution in [0.5, 0.6) is 0 Å². The van der Waals surface area contributed by atoms with E-state index < -0.39 is 11.8 Å². The fourth-order valence-electron chi connectivity index (χ4n) is 2.55. The van der Waals surface area contributed by atoms with E-state index in [1.54, 1.807) is 4.90 Å². The number of carbonyl (C=O) groups is 2. The van der Waals surface area contributed by atoms with Crippen LogP contribution in [0.1, 0.15) is 19.3 Å². The van der Waals surface area contributed by atoms with E-state index in [1.807, 2.05) is 0 Å². The third-order valence-corrected chi connectivity index (χ3v) is 3.50. The second kappa shape index (κ2) is 5.62. The van der Waals surface area contributed by atoms with Gasteiger partial charge in [-0.2, -0.15) is 0 Å². The van der Waals surface area contributed by atoms with Gasteiger partial charge in [0.2, 0.25) is 0 Å². The van der Waals surface area contributed by atoms with Crippen LogP contribution in [0.2, 0.25) is 0 Å². The molecule has 7 heteroatoms. The van der Waals surface area contributed by atoms with Crippen LogP contribution in [-0.2, 0) is 14.3 Å². The first-order valence-electron chi connectivity index (χ1n) is 6.08. The molecule has 6 nitrogen and oxygen atoms in total. The van der Waals surface area contributed by atoms with Crippen molar-refractivity contribution < 1.29 is 14.3 Å². The zero-order valence-electron chi connectivity index (χ0n) is 10.1. The second-order valence-corrected chi connectivity index (χ2v) is 5.08. The quantitative estimate of drug-likeness (QED) is 0.506. The fraction of sp³-hybridized carbons (Fsp3) is 0.727. The molecule has 1 saturated heterocycles. The van der Waals surface area contributed by atoms with Gasteiger partial charge < -0.3 is 20.7 Å². The average Bonchev–Trinajstić information content (AvgIpc) is 2.82. The van der Waals surface area contributed by atoms with Crippen molar-refractivity contribution in [2.24, 2.45) is 5.73 Å². The Morgan fingerprint density at radius 2 is 2.22 bits per heavy atom. The van der Waals surface area contributed by atoms with Crippen LogP contribution in [-0.4, -0.2) is 53.5 Å². The summed E-state index contributed by atoms with van der Waals surface area (Å²) in [6, 6.07) is 0.0434. The smallest absolute Gasteiger partial charge is 0.312 e. The maximum absolute atomic E-state index is 12.0. The van der Waals surface area contributed by atoms with Crippen molar-refractivity contribution in [3.8, 4) is 0 Å². The predicted molar refractivity (Wildman–Crippen MR) is 68.9 cm³/mol. The van der Waals surface area contributed by atoms with Gasteiger partial charge in [-0.15, -0.1) is 0 Å². The van der Waals surface area contributed by atoms with Gasteiger partial charge in [-0.3, -0.25) is 9.59 Å². The average molecular weight is 271 g/mol. The van der Waals surface area contributed by atoms with E-state index in [9.17, 15) is 9.59 Å². The van der Waals surface area contributed by atoms with Gasteiger partial charge >= 0.3 is 11.8 Å². The number of carbonyl (C=O) groups excluding carboxylic acids is 2. The highest BCUT2D eigenvalue weighted by Crippen LogP contribution is 2.29. The molecule has 18 heavy (non-hydrogen) atoms. The molecule has 0 bridgehead atoms. The van der Waals surface area contributed by atoms with E-state index in [1.165, 1.54) is 0 Å². The number of thiocarbonyl (C=S) groups is 1. The number of nitrogens with two attached hydrogens (primary N) is 1. The van der Waals surface area contributed by atoms with E-state index in [2.05, 4.69) is 17.5 Å². The minimum atomic E-state index is -0.643. The van der Waals surface area contributed by atoms with Gasteiger partial charge in [-0.1, -0.05) is 12.2 Å². The molecule has 0 spiro atoms. The van der Waals surface area contributed by atoms with Gasteiger partial charge in [0.15, 0.2) is 0 Å². The Kier molecular flexibility index (Phi) is 4.13. The molecule has 100 valence electrons.